The molecular weight excluding hydrogens is 392 g/mol. The van der Waals surface area contributed by atoms with Gasteiger partial charge in [0.15, 0.2) is 0 Å². The lowest BCUT2D eigenvalue weighted by molar-refractivity contribution is -0.117. The van der Waals surface area contributed by atoms with Crippen molar-refractivity contribution >= 4 is 45.2 Å². The molecule has 0 unspecified atom stereocenters. The highest BCUT2D eigenvalue weighted by molar-refractivity contribution is 9.11. The van der Waals surface area contributed by atoms with Gasteiger partial charge in [-0.1, -0.05) is 24.8 Å². The van der Waals surface area contributed by atoms with Crippen LogP contribution < -0.4 is 15.6 Å². The van der Waals surface area contributed by atoms with Gasteiger partial charge in [-0.3, -0.25) is 20.4 Å². The fourth-order valence-corrected chi connectivity index (χ4v) is 2.94. The van der Waals surface area contributed by atoms with Gasteiger partial charge in [0.25, 0.3) is 11.8 Å². The van der Waals surface area contributed by atoms with E-state index < -0.39 is 5.91 Å². The highest BCUT2D eigenvalue weighted by atomic mass is 79.9. The number of hydrogen-bond acceptors (Lipinski definition) is 4. The largest absolute Gasteiger partial charge is 0.490 e. The fraction of sp³-hybridized carbons (Fsp3) is 0.0588. The average molecular weight is 407 g/mol. The first-order valence-electron chi connectivity index (χ1n) is 6.96. The second-order valence-electron chi connectivity index (χ2n) is 4.55. The molecule has 2 aromatic rings. The van der Waals surface area contributed by atoms with Crippen LogP contribution >= 0.6 is 27.3 Å². The number of rotatable bonds is 6. The van der Waals surface area contributed by atoms with E-state index in [1.165, 1.54) is 17.4 Å². The lowest BCUT2D eigenvalue weighted by atomic mass is 10.2. The number of ether oxygens (including phenoxy) is 1. The van der Waals surface area contributed by atoms with Gasteiger partial charge in [-0.2, -0.15) is 0 Å². The predicted octanol–water partition coefficient (Wildman–Crippen LogP) is 3.55. The number of thiophene rings is 1. The number of benzene rings is 1. The van der Waals surface area contributed by atoms with Crippen LogP contribution in [0.1, 0.15) is 15.2 Å². The molecule has 24 heavy (non-hydrogen) atoms. The first-order chi connectivity index (χ1) is 11.6. The van der Waals surface area contributed by atoms with Crippen molar-refractivity contribution in [2.24, 2.45) is 0 Å². The van der Waals surface area contributed by atoms with Crippen LogP contribution in [0, 0.1) is 0 Å². The zero-order valence-electron chi connectivity index (χ0n) is 12.6. The van der Waals surface area contributed by atoms with Crippen molar-refractivity contribution < 1.29 is 14.3 Å². The maximum absolute atomic E-state index is 11.8. The maximum atomic E-state index is 11.8. The second kappa shape index (κ2) is 9.05. The Hall–Kier alpha value is -2.38. The molecule has 0 saturated heterocycles. The van der Waals surface area contributed by atoms with Crippen molar-refractivity contribution in [3.8, 4) is 5.75 Å². The van der Waals surface area contributed by atoms with Gasteiger partial charge < -0.3 is 4.74 Å². The standard InChI is InChI=1S/C17H15BrN2O3S/c1-2-11-23-13-6-3-12(4-7-13)5-10-16(21)19-20-17(22)14-8-9-15(18)24-14/h2-10H,1,11H2,(H,19,21)(H,20,22)/b10-5+. The predicted molar refractivity (Wildman–Crippen MR) is 98.8 cm³/mol. The lowest BCUT2D eigenvalue weighted by Gasteiger charge is -2.04. The van der Waals surface area contributed by atoms with Crippen LogP contribution in [0.15, 0.2) is 58.9 Å². The van der Waals surface area contributed by atoms with Crippen LogP contribution in [-0.2, 0) is 4.79 Å². The van der Waals surface area contributed by atoms with E-state index in [-0.39, 0.29) is 5.91 Å². The van der Waals surface area contributed by atoms with Gasteiger partial charge in [-0.15, -0.1) is 11.3 Å². The molecule has 124 valence electrons. The van der Waals surface area contributed by atoms with Crippen molar-refractivity contribution in [3.63, 3.8) is 0 Å². The zero-order valence-corrected chi connectivity index (χ0v) is 15.0. The van der Waals surface area contributed by atoms with E-state index in [9.17, 15) is 9.59 Å². The summed E-state index contributed by atoms with van der Waals surface area (Å²) in [4.78, 5) is 24.0. The molecule has 0 spiro atoms. The van der Waals surface area contributed by atoms with Crippen LogP contribution in [0.5, 0.6) is 5.75 Å². The molecule has 0 radical (unpaired) electrons. The van der Waals surface area contributed by atoms with E-state index in [0.29, 0.717) is 11.5 Å². The van der Waals surface area contributed by atoms with Gasteiger partial charge in [0.2, 0.25) is 0 Å². The van der Waals surface area contributed by atoms with Crippen molar-refractivity contribution in [1.29, 1.82) is 0 Å². The molecule has 0 aliphatic heterocycles. The van der Waals surface area contributed by atoms with Crippen molar-refractivity contribution in [2.75, 3.05) is 6.61 Å². The monoisotopic (exact) mass is 406 g/mol. The summed E-state index contributed by atoms with van der Waals surface area (Å²) in [6, 6.07) is 10.7. The van der Waals surface area contributed by atoms with E-state index in [2.05, 4.69) is 33.4 Å². The fourth-order valence-electron chi connectivity index (χ4n) is 1.66. The summed E-state index contributed by atoms with van der Waals surface area (Å²) in [7, 11) is 0. The molecule has 1 heterocycles. The second-order valence-corrected chi connectivity index (χ2v) is 7.01. The third-order valence-corrected chi connectivity index (χ3v) is 4.39. The lowest BCUT2D eigenvalue weighted by Crippen LogP contribution is -2.40. The average Bonchev–Trinajstić information content (AvgIpc) is 3.03. The molecule has 2 rings (SSSR count). The van der Waals surface area contributed by atoms with Crippen LogP contribution in [0.25, 0.3) is 6.08 Å². The Morgan fingerprint density at radius 1 is 1.17 bits per heavy atom. The van der Waals surface area contributed by atoms with Gasteiger partial charge in [0.1, 0.15) is 12.4 Å². The van der Waals surface area contributed by atoms with E-state index >= 15 is 0 Å². The molecule has 5 nitrogen and oxygen atoms in total. The van der Waals surface area contributed by atoms with Crippen LogP contribution in [-0.4, -0.2) is 18.4 Å². The normalized spacial score (nSPS) is 10.4. The Morgan fingerprint density at radius 3 is 2.54 bits per heavy atom. The third-order valence-electron chi connectivity index (χ3n) is 2.77. The van der Waals surface area contributed by atoms with Gasteiger partial charge >= 0.3 is 0 Å². The molecule has 7 heteroatoms. The smallest absolute Gasteiger partial charge is 0.279 e. The van der Waals surface area contributed by atoms with Crippen LogP contribution in [0.3, 0.4) is 0 Å². The number of carbonyl (C=O) groups is 2. The maximum Gasteiger partial charge on any atom is 0.279 e. The quantitative estimate of drug-likeness (QED) is 0.437. The van der Waals surface area contributed by atoms with Crippen molar-refractivity contribution in [2.45, 2.75) is 0 Å². The number of hydrazine groups is 1. The summed E-state index contributed by atoms with van der Waals surface area (Å²) >= 11 is 4.56. The summed E-state index contributed by atoms with van der Waals surface area (Å²) in [6.07, 6.45) is 4.64. The first kappa shape index (κ1) is 18.0. The van der Waals surface area contributed by atoms with E-state index in [4.69, 9.17) is 4.74 Å². The van der Waals surface area contributed by atoms with E-state index in [1.807, 2.05) is 12.1 Å². The molecule has 0 atom stereocenters. The van der Waals surface area contributed by atoms with Crippen LogP contribution in [0.2, 0.25) is 0 Å². The Balaban J connectivity index is 1.82. The summed E-state index contributed by atoms with van der Waals surface area (Å²) in [5, 5.41) is 0. The molecule has 1 aromatic carbocycles. The molecule has 0 bridgehead atoms. The van der Waals surface area contributed by atoms with Crippen LogP contribution in [0.4, 0.5) is 0 Å². The Bertz CT molecular complexity index is 753. The van der Waals surface area contributed by atoms with E-state index in [1.54, 1.807) is 36.4 Å². The van der Waals surface area contributed by atoms with Gasteiger partial charge in [0.05, 0.1) is 8.66 Å². The number of hydrogen-bond donors (Lipinski definition) is 2. The van der Waals surface area contributed by atoms with Gasteiger partial charge in [-0.05, 0) is 51.8 Å². The summed E-state index contributed by atoms with van der Waals surface area (Å²) in [5.74, 6) is -0.0620. The molecule has 0 saturated carbocycles. The number of nitrogens with one attached hydrogen (secondary N) is 2. The summed E-state index contributed by atoms with van der Waals surface area (Å²) in [5.41, 5.74) is 5.52. The Kier molecular flexibility index (Phi) is 6.77. The first-order valence-corrected chi connectivity index (χ1v) is 8.57. The molecule has 0 aliphatic rings. The molecule has 0 aliphatic carbocycles. The number of halogens is 1. The zero-order chi connectivity index (χ0) is 17.4. The van der Waals surface area contributed by atoms with Gasteiger partial charge in [-0.25, -0.2) is 0 Å². The molecule has 2 N–H and O–H groups in total. The highest BCUT2D eigenvalue weighted by Crippen LogP contribution is 2.21. The van der Waals surface area contributed by atoms with Gasteiger partial charge in [0, 0.05) is 6.08 Å². The molecule has 2 amide bonds. The van der Waals surface area contributed by atoms with Crippen molar-refractivity contribution in [1.82, 2.24) is 10.9 Å². The molecule has 0 fully saturated rings. The molecular formula is C17H15BrN2O3S. The summed E-state index contributed by atoms with van der Waals surface area (Å²) in [6.45, 7) is 4.02. The SMILES string of the molecule is C=CCOc1ccc(/C=C/C(=O)NNC(=O)c2ccc(Br)s2)cc1. The third kappa shape index (κ3) is 5.68. The topological polar surface area (TPSA) is 67.4 Å². The minimum absolute atomic E-state index is 0.365. The minimum Gasteiger partial charge on any atom is -0.490 e. The molecule has 1 aromatic heterocycles. The van der Waals surface area contributed by atoms with E-state index in [0.717, 1.165) is 15.1 Å². The minimum atomic E-state index is -0.425. The van der Waals surface area contributed by atoms with Crippen molar-refractivity contribution in [3.05, 3.63) is 69.4 Å². The summed E-state index contributed by atoms with van der Waals surface area (Å²) < 4.78 is 6.22. The highest BCUT2D eigenvalue weighted by Gasteiger charge is 2.08. The number of amides is 2. The number of carbonyl (C=O) groups excluding carboxylic acids is 2. The Morgan fingerprint density at radius 2 is 1.92 bits per heavy atom. The Labute approximate surface area is 152 Å².